The molecule has 1 atom stereocenters. The quantitative estimate of drug-likeness (QED) is 0.410. The Morgan fingerprint density at radius 3 is 2.38 bits per heavy atom. The number of carbonyl (C=O) groups excluding carboxylic acids is 1. The number of esters is 1. The van der Waals surface area contributed by atoms with Gasteiger partial charge in [-0.1, -0.05) is 34.1 Å². The lowest BCUT2D eigenvalue weighted by molar-refractivity contribution is -0.150. The standard InChI is InChI=1S/C16H31NO2S2/c1-5-6-11-20-16(17,12-21-15(2,3)4)14(18)19-13-9-7-8-10-13/h13H,5-12,17H2,1-4H3/t16-/m1/s1. The first kappa shape index (κ1) is 19.2. The Labute approximate surface area is 138 Å². The average molecular weight is 334 g/mol. The fourth-order valence-corrected chi connectivity index (χ4v) is 4.38. The highest BCUT2D eigenvalue weighted by Gasteiger charge is 2.39. The number of thioether (sulfide) groups is 2. The second-order valence-electron chi connectivity index (χ2n) is 6.80. The molecule has 1 aliphatic carbocycles. The minimum absolute atomic E-state index is 0.0897. The van der Waals surface area contributed by atoms with E-state index in [0.717, 1.165) is 44.3 Å². The van der Waals surface area contributed by atoms with E-state index in [1.165, 1.54) is 0 Å². The van der Waals surface area contributed by atoms with Crippen molar-refractivity contribution in [3.8, 4) is 0 Å². The summed E-state index contributed by atoms with van der Waals surface area (Å²) < 4.78 is 5.78. The molecule has 5 heteroatoms. The summed E-state index contributed by atoms with van der Waals surface area (Å²) >= 11 is 3.30. The van der Waals surface area contributed by atoms with E-state index in [-0.39, 0.29) is 16.8 Å². The van der Waals surface area contributed by atoms with Gasteiger partial charge in [0.2, 0.25) is 0 Å². The summed E-state index contributed by atoms with van der Waals surface area (Å²) in [6.45, 7) is 8.60. The van der Waals surface area contributed by atoms with Crippen molar-refractivity contribution in [3.05, 3.63) is 0 Å². The molecule has 2 N–H and O–H groups in total. The zero-order valence-corrected chi connectivity index (χ0v) is 15.6. The van der Waals surface area contributed by atoms with Gasteiger partial charge in [0.05, 0.1) is 0 Å². The first-order valence-corrected chi connectivity index (χ1v) is 10.0. The van der Waals surface area contributed by atoms with Gasteiger partial charge in [-0.2, -0.15) is 11.8 Å². The van der Waals surface area contributed by atoms with E-state index in [2.05, 4.69) is 27.7 Å². The maximum Gasteiger partial charge on any atom is 0.337 e. The van der Waals surface area contributed by atoms with Gasteiger partial charge in [0, 0.05) is 10.5 Å². The summed E-state index contributed by atoms with van der Waals surface area (Å²) in [4.78, 5) is 11.6. The molecular formula is C16H31NO2S2. The van der Waals surface area contributed by atoms with E-state index in [1.807, 2.05) is 0 Å². The van der Waals surface area contributed by atoms with Crippen LogP contribution in [-0.4, -0.2) is 33.2 Å². The maximum absolute atomic E-state index is 12.6. The van der Waals surface area contributed by atoms with Gasteiger partial charge in [-0.25, -0.2) is 4.79 Å². The molecule has 0 aromatic rings. The summed E-state index contributed by atoms with van der Waals surface area (Å²) in [5.74, 6) is 1.31. The Morgan fingerprint density at radius 2 is 1.86 bits per heavy atom. The van der Waals surface area contributed by atoms with Crippen LogP contribution < -0.4 is 5.73 Å². The number of hydrogen-bond acceptors (Lipinski definition) is 5. The Balaban J connectivity index is 2.61. The predicted molar refractivity (Wildman–Crippen MR) is 94.8 cm³/mol. The Bertz CT molecular complexity index is 325. The monoisotopic (exact) mass is 333 g/mol. The van der Waals surface area contributed by atoms with Crippen LogP contribution in [0.2, 0.25) is 0 Å². The van der Waals surface area contributed by atoms with Crippen LogP contribution in [0, 0.1) is 0 Å². The minimum Gasteiger partial charge on any atom is -0.460 e. The highest BCUT2D eigenvalue weighted by Crippen LogP contribution is 2.34. The number of rotatable bonds is 8. The van der Waals surface area contributed by atoms with Crippen molar-refractivity contribution in [2.45, 2.75) is 81.9 Å². The van der Waals surface area contributed by atoms with E-state index in [0.29, 0.717) is 5.75 Å². The lowest BCUT2D eigenvalue weighted by Gasteiger charge is -2.30. The summed E-state index contributed by atoms with van der Waals surface area (Å²) in [6.07, 6.45) is 6.60. The topological polar surface area (TPSA) is 52.3 Å². The number of nitrogens with two attached hydrogens (primary N) is 1. The molecule has 1 fully saturated rings. The third-order valence-corrected chi connectivity index (χ3v) is 6.47. The van der Waals surface area contributed by atoms with Gasteiger partial charge in [0.25, 0.3) is 0 Å². The fourth-order valence-electron chi connectivity index (χ4n) is 2.14. The van der Waals surface area contributed by atoms with Crippen molar-refractivity contribution in [1.29, 1.82) is 0 Å². The lowest BCUT2D eigenvalue weighted by Crippen LogP contribution is -2.50. The first-order chi connectivity index (χ1) is 9.77. The van der Waals surface area contributed by atoms with Crippen molar-refractivity contribution in [1.82, 2.24) is 0 Å². The first-order valence-electron chi connectivity index (χ1n) is 8.05. The molecule has 21 heavy (non-hydrogen) atoms. The van der Waals surface area contributed by atoms with Gasteiger partial charge in [0.1, 0.15) is 6.10 Å². The fraction of sp³-hybridized carbons (Fsp3) is 0.938. The van der Waals surface area contributed by atoms with Crippen molar-refractivity contribution < 1.29 is 9.53 Å². The summed E-state index contributed by atoms with van der Waals surface area (Å²) in [5.41, 5.74) is 6.44. The van der Waals surface area contributed by atoms with E-state index < -0.39 is 4.87 Å². The summed E-state index contributed by atoms with van der Waals surface area (Å²) in [5, 5.41) is 0. The number of hydrogen-bond donors (Lipinski definition) is 1. The zero-order valence-electron chi connectivity index (χ0n) is 13.9. The van der Waals surface area contributed by atoms with E-state index in [1.54, 1.807) is 23.5 Å². The highest BCUT2D eigenvalue weighted by atomic mass is 32.2. The van der Waals surface area contributed by atoms with Crippen LogP contribution in [-0.2, 0) is 9.53 Å². The normalized spacial score (nSPS) is 19.5. The zero-order chi connectivity index (χ0) is 15.9. The molecule has 0 aromatic heterocycles. The van der Waals surface area contributed by atoms with Crippen LogP contribution in [0.4, 0.5) is 0 Å². The Hall–Kier alpha value is 0.130. The molecule has 1 saturated carbocycles. The predicted octanol–water partition coefficient (Wildman–Crippen LogP) is 4.19. The molecule has 0 heterocycles. The van der Waals surface area contributed by atoms with Crippen LogP contribution in [0.15, 0.2) is 0 Å². The smallest absolute Gasteiger partial charge is 0.337 e. The lowest BCUT2D eigenvalue weighted by atomic mass is 10.3. The van der Waals surface area contributed by atoms with Gasteiger partial charge in [-0.3, -0.25) is 0 Å². The Morgan fingerprint density at radius 1 is 1.24 bits per heavy atom. The van der Waals surface area contributed by atoms with Gasteiger partial charge < -0.3 is 10.5 Å². The van der Waals surface area contributed by atoms with Gasteiger partial charge >= 0.3 is 5.97 Å². The van der Waals surface area contributed by atoms with Crippen LogP contribution >= 0.6 is 23.5 Å². The third-order valence-electron chi connectivity index (χ3n) is 3.50. The largest absolute Gasteiger partial charge is 0.460 e. The SMILES string of the molecule is CCCCS[C@](N)(CSC(C)(C)C)C(=O)OC1CCCC1. The number of ether oxygens (including phenoxy) is 1. The number of carbonyl (C=O) groups is 1. The second-order valence-corrected chi connectivity index (χ2v) is 10.0. The van der Waals surface area contributed by atoms with Crippen LogP contribution in [0.1, 0.15) is 66.2 Å². The van der Waals surface area contributed by atoms with E-state index >= 15 is 0 Å². The molecule has 0 unspecified atom stereocenters. The molecular weight excluding hydrogens is 302 g/mol. The molecule has 0 bridgehead atoms. The van der Waals surface area contributed by atoms with Crippen molar-refractivity contribution in [2.24, 2.45) is 5.73 Å². The number of unbranched alkanes of at least 4 members (excludes halogenated alkanes) is 1. The molecule has 124 valence electrons. The van der Waals surface area contributed by atoms with E-state index in [9.17, 15) is 4.79 Å². The van der Waals surface area contributed by atoms with Gasteiger partial charge in [-0.15, -0.1) is 11.8 Å². The maximum atomic E-state index is 12.6. The minimum atomic E-state index is -0.907. The van der Waals surface area contributed by atoms with Crippen LogP contribution in [0.5, 0.6) is 0 Å². The molecule has 1 rings (SSSR count). The second kappa shape index (κ2) is 8.68. The molecule has 0 radical (unpaired) electrons. The summed E-state index contributed by atoms with van der Waals surface area (Å²) in [6, 6.07) is 0. The van der Waals surface area contributed by atoms with E-state index in [4.69, 9.17) is 10.5 Å². The van der Waals surface area contributed by atoms with Crippen molar-refractivity contribution in [2.75, 3.05) is 11.5 Å². The molecule has 0 aliphatic heterocycles. The van der Waals surface area contributed by atoms with Gasteiger partial charge in [0.15, 0.2) is 4.87 Å². The molecule has 0 spiro atoms. The summed E-state index contributed by atoms with van der Waals surface area (Å²) in [7, 11) is 0. The molecule has 3 nitrogen and oxygen atoms in total. The molecule has 1 aliphatic rings. The van der Waals surface area contributed by atoms with Crippen LogP contribution in [0.25, 0.3) is 0 Å². The van der Waals surface area contributed by atoms with Crippen LogP contribution in [0.3, 0.4) is 0 Å². The van der Waals surface area contributed by atoms with Crippen molar-refractivity contribution in [3.63, 3.8) is 0 Å². The highest BCUT2D eigenvalue weighted by molar-refractivity contribution is 8.05. The molecule has 0 aromatic carbocycles. The Kier molecular flexibility index (Phi) is 7.93. The average Bonchev–Trinajstić information content (AvgIpc) is 2.89. The third kappa shape index (κ3) is 7.29. The molecule has 0 amide bonds. The van der Waals surface area contributed by atoms with Gasteiger partial charge in [-0.05, 0) is 37.9 Å². The van der Waals surface area contributed by atoms with Crippen molar-refractivity contribution >= 4 is 29.5 Å². The molecule has 0 saturated heterocycles.